The van der Waals surface area contributed by atoms with Crippen LogP contribution in [0.1, 0.15) is 13.8 Å². The van der Waals surface area contributed by atoms with Crippen molar-refractivity contribution in [1.82, 2.24) is 0 Å². The SMILES string of the molecule is CC(C)=CC(=O)Oc1cccc2cc3ccccc3cc12. The van der Waals surface area contributed by atoms with Crippen molar-refractivity contribution in [1.29, 1.82) is 0 Å². The maximum absolute atomic E-state index is 11.8. The third-order valence-electron chi connectivity index (χ3n) is 3.32. The lowest BCUT2D eigenvalue weighted by Crippen LogP contribution is -2.04. The summed E-state index contributed by atoms with van der Waals surface area (Å²) >= 11 is 0. The second kappa shape index (κ2) is 5.41. The van der Waals surface area contributed by atoms with Gasteiger partial charge >= 0.3 is 5.97 Å². The number of carbonyl (C=O) groups is 1. The third-order valence-corrected chi connectivity index (χ3v) is 3.32. The van der Waals surface area contributed by atoms with Crippen LogP contribution in [0, 0.1) is 0 Å². The Bertz CT molecular complexity index is 856. The van der Waals surface area contributed by atoms with Gasteiger partial charge in [0.25, 0.3) is 0 Å². The van der Waals surface area contributed by atoms with Gasteiger partial charge in [0.05, 0.1) is 0 Å². The van der Waals surface area contributed by atoms with E-state index >= 15 is 0 Å². The van der Waals surface area contributed by atoms with Crippen molar-refractivity contribution < 1.29 is 9.53 Å². The number of esters is 1. The predicted molar refractivity (Wildman–Crippen MR) is 86.5 cm³/mol. The zero-order valence-electron chi connectivity index (χ0n) is 12.1. The molecule has 3 rings (SSSR count). The number of ether oxygens (including phenoxy) is 1. The Morgan fingerprint density at radius 2 is 1.57 bits per heavy atom. The Morgan fingerprint density at radius 3 is 2.29 bits per heavy atom. The van der Waals surface area contributed by atoms with Gasteiger partial charge in [-0.1, -0.05) is 42.0 Å². The molecule has 3 aromatic rings. The molecule has 0 aromatic heterocycles. The van der Waals surface area contributed by atoms with E-state index in [9.17, 15) is 4.79 Å². The first-order chi connectivity index (χ1) is 10.1. The molecule has 104 valence electrons. The van der Waals surface area contributed by atoms with Crippen LogP contribution in [0.2, 0.25) is 0 Å². The monoisotopic (exact) mass is 276 g/mol. The van der Waals surface area contributed by atoms with Crippen LogP contribution >= 0.6 is 0 Å². The quantitative estimate of drug-likeness (QED) is 0.289. The molecule has 0 saturated heterocycles. The van der Waals surface area contributed by atoms with Gasteiger partial charge < -0.3 is 4.74 Å². The first-order valence-corrected chi connectivity index (χ1v) is 6.92. The fraction of sp³-hybridized carbons (Fsp3) is 0.105. The Labute approximate surface area is 123 Å². The average Bonchev–Trinajstić information content (AvgIpc) is 2.45. The minimum absolute atomic E-state index is 0.337. The van der Waals surface area contributed by atoms with Crippen LogP contribution in [0.5, 0.6) is 5.75 Å². The van der Waals surface area contributed by atoms with Gasteiger partial charge in [0.2, 0.25) is 0 Å². The zero-order chi connectivity index (χ0) is 14.8. The molecule has 0 aliphatic rings. The molecule has 0 spiro atoms. The Balaban J connectivity index is 2.12. The summed E-state index contributed by atoms with van der Waals surface area (Å²) in [5, 5.41) is 4.33. The summed E-state index contributed by atoms with van der Waals surface area (Å²) in [5.41, 5.74) is 0.922. The molecular formula is C19H16O2. The van der Waals surface area contributed by atoms with Crippen LogP contribution in [-0.2, 0) is 4.79 Å². The van der Waals surface area contributed by atoms with Crippen LogP contribution < -0.4 is 4.74 Å². The molecule has 0 aliphatic carbocycles. The minimum atomic E-state index is -0.337. The molecule has 0 unspecified atom stereocenters. The van der Waals surface area contributed by atoms with E-state index in [0.29, 0.717) is 5.75 Å². The second-order valence-electron chi connectivity index (χ2n) is 5.32. The number of benzene rings is 3. The van der Waals surface area contributed by atoms with Crippen molar-refractivity contribution in [3.05, 3.63) is 66.2 Å². The molecule has 0 saturated carbocycles. The summed E-state index contributed by atoms with van der Waals surface area (Å²) in [4.78, 5) is 11.8. The van der Waals surface area contributed by atoms with Gasteiger partial charge in [-0.05, 0) is 48.2 Å². The van der Waals surface area contributed by atoms with Gasteiger partial charge in [-0.25, -0.2) is 4.79 Å². The molecule has 0 atom stereocenters. The molecule has 0 radical (unpaired) electrons. The largest absolute Gasteiger partial charge is 0.423 e. The molecule has 21 heavy (non-hydrogen) atoms. The van der Waals surface area contributed by atoms with Crippen LogP contribution in [0.25, 0.3) is 21.5 Å². The van der Waals surface area contributed by atoms with Crippen LogP contribution in [-0.4, -0.2) is 5.97 Å². The highest BCUT2D eigenvalue weighted by molar-refractivity contribution is 6.01. The molecule has 3 aromatic carbocycles. The van der Waals surface area contributed by atoms with Gasteiger partial charge in [-0.2, -0.15) is 0 Å². The van der Waals surface area contributed by atoms with Crippen molar-refractivity contribution in [2.24, 2.45) is 0 Å². The lowest BCUT2D eigenvalue weighted by atomic mass is 10.0. The average molecular weight is 276 g/mol. The zero-order valence-corrected chi connectivity index (χ0v) is 12.1. The topological polar surface area (TPSA) is 26.3 Å². The van der Waals surface area contributed by atoms with Crippen LogP contribution in [0.3, 0.4) is 0 Å². The van der Waals surface area contributed by atoms with Gasteiger partial charge in [0.15, 0.2) is 0 Å². The lowest BCUT2D eigenvalue weighted by Gasteiger charge is -2.08. The van der Waals surface area contributed by atoms with E-state index in [0.717, 1.165) is 21.7 Å². The Kier molecular flexibility index (Phi) is 3.44. The van der Waals surface area contributed by atoms with E-state index in [4.69, 9.17) is 4.74 Å². The van der Waals surface area contributed by atoms with E-state index in [1.165, 1.54) is 11.5 Å². The van der Waals surface area contributed by atoms with Crippen molar-refractivity contribution in [3.63, 3.8) is 0 Å². The molecule has 0 N–H and O–H groups in total. The highest BCUT2D eigenvalue weighted by Gasteiger charge is 2.07. The number of allylic oxidation sites excluding steroid dienone is 1. The first kappa shape index (κ1) is 13.4. The lowest BCUT2D eigenvalue weighted by molar-refractivity contribution is -0.128. The fourth-order valence-corrected chi connectivity index (χ4v) is 2.40. The van der Waals surface area contributed by atoms with Crippen molar-refractivity contribution in [2.45, 2.75) is 13.8 Å². The first-order valence-electron chi connectivity index (χ1n) is 6.92. The summed E-state index contributed by atoms with van der Waals surface area (Å²) in [6.07, 6.45) is 1.50. The molecule has 2 heteroatoms. The second-order valence-corrected chi connectivity index (χ2v) is 5.32. The standard InChI is InChI=1S/C19H16O2/c1-13(2)10-19(20)21-18-9-5-8-16-11-14-6-3-4-7-15(14)12-17(16)18/h3-12H,1-2H3. The van der Waals surface area contributed by atoms with E-state index in [-0.39, 0.29) is 5.97 Å². The summed E-state index contributed by atoms with van der Waals surface area (Å²) in [6, 6.07) is 18.1. The molecule has 0 amide bonds. The molecule has 0 heterocycles. The maximum atomic E-state index is 11.8. The van der Waals surface area contributed by atoms with Crippen molar-refractivity contribution in [3.8, 4) is 5.75 Å². The summed E-state index contributed by atoms with van der Waals surface area (Å²) in [5.74, 6) is 0.261. The summed E-state index contributed by atoms with van der Waals surface area (Å²) in [6.45, 7) is 3.75. The van der Waals surface area contributed by atoms with Crippen molar-refractivity contribution in [2.75, 3.05) is 0 Å². The normalized spacial score (nSPS) is 10.6. The van der Waals surface area contributed by atoms with Gasteiger partial charge in [-0.15, -0.1) is 0 Å². The van der Waals surface area contributed by atoms with Gasteiger partial charge in [0.1, 0.15) is 5.75 Å². The van der Waals surface area contributed by atoms with Crippen molar-refractivity contribution >= 4 is 27.5 Å². The number of hydrogen-bond acceptors (Lipinski definition) is 2. The Hall–Kier alpha value is -2.61. The minimum Gasteiger partial charge on any atom is -0.423 e. The molecule has 2 nitrogen and oxygen atoms in total. The number of rotatable bonds is 2. The highest BCUT2D eigenvalue weighted by Crippen LogP contribution is 2.30. The molecular weight excluding hydrogens is 260 g/mol. The third kappa shape index (κ3) is 2.79. The molecule has 0 fully saturated rings. The van der Waals surface area contributed by atoms with E-state index in [2.05, 4.69) is 24.3 Å². The highest BCUT2D eigenvalue weighted by atomic mass is 16.5. The Morgan fingerprint density at radius 1 is 0.905 bits per heavy atom. The van der Waals surface area contributed by atoms with E-state index in [1.54, 1.807) is 0 Å². The van der Waals surface area contributed by atoms with E-state index < -0.39 is 0 Å². The predicted octanol–water partition coefficient (Wildman–Crippen LogP) is 4.86. The summed E-state index contributed by atoms with van der Waals surface area (Å²) < 4.78 is 5.47. The maximum Gasteiger partial charge on any atom is 0.336 e. The molecule has 0 bridgehead atoms. The number of carbonyl (C=O) groups excluding carboxylic acids is 1. The number of hydrogen-bond donors (Lipinski definition) is 0. The fourth-order valence-electron chi connectivity index (χ4n) is 2.40. The molecule has 0 aliphatic heterocycles. The smallest absolute Gasteiger partial charge is 0.336 e. The number of fused-ring (bicyclic) bond motifs is 2. The summed E-state index contributed by atoms with van der Waals surface area (Å²) in [7, 11) is 0. The van der Waals surface area contributed by atoms with Crippen LogP contribution in [0.4, 0.5) is 0 Å². The van der Waals surface area contributed by atoms with Crippen LogP contribution in [0.15, 0.2) is 66.2 Å². The van der Waals surface area contributed by atoms with Gasteiger partial charge in [0, 0.05) is 11.5 Å². The van der Waals surface area contributed by atoms with E-state index in [1.807, 2.05) is 44.2 Å². The van der Waals surface area contributed by atoms with Gasteiger partial charge in [-0.3, -0.25) is 0 Å².